The summed E-state index contributed by atoms with van der Waals surface area (Å²) in [6.07, 6.45) is 2.12. The van der Waals surface area contributed by atoms with Gasteiger partial charge in [0.15, 0.2) is 0 Å². The van der Waals surface area contributed by atoms with E-state index in [-0.39, 0.29) is 31.1 Å². The van der Waals surface area contributed by atoms with Crippen molar-refractivity contribution in [2.75, 3.05) is 6.54 Å². The summed E-state index contributed by atoms with van der Waals surface area (Å²) in [5.41, 5.74) is 6.94. The van der Waals surface area contributed by atoms with Gasteiger partial charge in [0, 0.05) is 23.5 Å². The van der Waals surface area contributed by atoms with Crippen LogP contribution in [0.25, 0.3) is 10.9 Å². The molecule has 274 valence electrons. The number of rotatable bonds is 10. The number of hydrogen-bond donors (Lipinski definition) is 8. The summed E-state index contributed by atoms with van der Waals surface area (Å²) in [6, 6.07) is 1.55. The fraction of sp³-hybridized carbons (Fsp3) is 0.571. The van der Waals surface area contributed by atoms with Gasteiger partial charge in [0.1, 0.15) is 30.2 Å². The third-order valence-corrected chi connectivity index (χ3v) is 8.69. The molecule has 1 aliphatic heterocycles. The maximum absolute atomic E-state index is 13.9. The van der Waals surface area contributed by atoms with Crippen LogP contribution >= 0.6 is 0 Å². The summed E-state index contributed by atoms with van der Waals surface area (Å²) in [6.45, 7) is 10.5. The van der Waals surface area contributed by atoms with Gasteiger partial charge in [0.25, 0.3) is 0 Å². The largest absolute Gasteiger partial charge is 0.370 e. The molecule has 9 N–H and O–H groups in total. The van der Waals surface area contributed by atoms with Crippen molar-refractivity contribution in [3.8, 4) is 0 Å². The summed E-state index contributed by atoms with van der Waals surface area (Å²) in [5, 5.41) is 16.7. The summed E-state index contributed by atoms with van der Waals surface area (Å²) in [7, 11) is 0. The number of para-hydroxylation sites is 1. The van der Waals surface area contributed by atoms with E-state index in [1.807, 2.05) is 58.9 Å². The minimum absolute atomic E-state index is 0.0371. The van der Waals surface area contributed by atoms with Crippen LogP contribution in [0.1, 0.15) is 72.8 Å². The molecule has 0 radical (unpaired) electrons. The molecule has 0 aliphatic carbocycles. The molecular weight excluding hydrogens is 644 g/mol. The van der Waals surface area contributed by atoms with Crippen LogP contribution in [0.3, 0.4) is 0 Å². The van der Waals surface area contributed by atoms with Crippen LogP contribution in [0.5, 0.6) is 0 Å². The molecule has 2 heterocycles. The Morgan fingerprint density at radius 3 is 1.88 bits per heavy atom. The number of amides is 7. The van der Waals surface area contributed by atoms with E-state index in [0.29, 0.717) is 6.42 Å². The number of hydrogen-bond acceptors (Lipinski definition) is 7. The SMILES string of the molecule is CCC(C)C1NC(=O)C(CC(C)C)NC(=O)C(CC(C)C)NC(=O)C(Cc2c[nH]c3ccccc23)NC(=O)CNC(=O)C(CC(N)=O)NC1=O. The smallest absolute Gasteiger partial charge is 0.243 e. The van der Waals surface area contributed by atoms with Crippen LogP contribution in [0.2, 0.25) is 0 Å². The monoisotopic (exact) mass is 696 g/mol. The van der Waals surface area contributed by atoms with Crippen molar-refractivity contribution in [2.24, 2.45) is 23.5 Å². The molecule has 0 bridgehead atoms. The number of carbonyl (C=O) groups excluding carboxylic acids is 7. The predicted molar refractivity (Wildman–Crippen MR) is 187 cm³/mol. The Morgan fingerprint density at radius 1 is 0.740 bits per heavy atom. The maximum atomic E-state index is 13.9. The van der Waals surface area contributed by atoms with Crippen molar-refractivity contribution in [3.63, 3.8) is 0 Å². The van der Waals surface area contributed by atoms with Gasteiger partial charge in [-0.05, 0) is 42.2 Å². The zero-order chi connectivity index (χ0) is 37.1. The quantitative estimate of drug-likeness (QED) is 0.173. The van der Waals surface area contributed by atoms with Crippen LogP contribution in [0.15, 0.2) is 30.5 Å². The second-order valence-electron chi connectivity index (χ2n) is 13.9. The number of carbonyl (C=O) groups is 7. The van der Waals surface area contributed by atoms with Crippen molar-refractivity contribution in [1.29, 1.82) is 0 Å². The number of aromatic nitrogens is 1. The summed E-state index contributed by atoms with van der Waals surface area (Å²) in [4.78, 5) is 96.6. The summed E-state index contributed by atoms with van der Waals surface area (Å²) in [5.74, 6) is -5.55. The van der Waals surface area contributed by atoms with E-state index < -0.39 is 90.4 Å². The van der Waals surface area contributed by atoms with Gasteiger partial charge in [-0.25, -0.2) is 0 Å². The maximum Gasteiger partial charge on any atom is 0.243 e. The van der Waals surface area contributed by atoms with Gasteiger partial charge >= 0.3 is 0 Å². The first-order chi connectivity index (χ1) is 23.6. The van der Waals surface area contributed by atoms with Crippen molar-refractivity contribution in [3.05, 3.63) is 36.0 Å². The second kappa shape index (κ2) is 18.2. The molecule has 6 atom stereocenters. The fourth-order valence-corrected chi connectivity index (χ4v) is 5.84. The lowest BCUT2D eigenvalue weighted by Gasteiger charge is -2.30. The molecule has 15 heteroatoms. The molecule has 15 nitrogen and oxygen atoms in total. The molecule has 50 heavy (non-hydrogen) atoms. The molecule has 1 saturated heterocycles. The van der Waals surface area contributed by atoms with Crippen LogP contribution in [0, 0.1) is 17.8 Å². The zero-order valence-corrected chi connectivity index (χ0v) is 29.7. The van der Waals surface area contributed by atoms with Crippen LogP contribution < -0.4 is 37.6 Å². The third-order valence-electron chi connectivity index (χ3n) is 8.69. The van der Waals surface area contributed by atoms with E-state index in [4.69, 9.17) is 5.73 Å². The molecule has 0 spiro atoms. The molecule has 7 amide bonds. The lowest BCUT2D eigenvalue weighted by molar-refractivity contribution is -0.137. The average molecular weight is 697 g/mol. The van der Waals surface area contributed by atoms with Gasteiger partial charge in [-0.15, -0.1) is 0 Å². The number of H-pyrrole nitrogens is 1. The Kier molecular flexibility index (Phi) is 14.3. The van der Waals surface area contributed by atoms with E-state index in [1.54, 1.807) is 13.1 Å². The highest BCUT2D eigenvalue weighted by molar-refractivity contribution is 5.99. The van der Waals surface area contributed by atoms with Crippen molar-refractivity contribution < 1.29 is 33.6 Å². The van der Waals surface area contributed by atoms with E-state index in [9.17, 15) is 33.6 Å². The topological polar surface area (TPSA) is 233 Å². The standard InChI is InChI=1S/C35H52N8O7/c1-7-20(6)30-35(50)42-27(15-28(36)44)31(46)38-17-29(45)39-26(14-21-16-37-23-11-9-8-10-22(21)23)33(48)40-24(12-18(2)3)32(47)41-25(13-19(4)5)34(49)43-30/h8-11,16,18-20,24-27,30,37H,7,12-15,17H2,1-6H3,(H2,36,44)(H,38,46)(H,39,45)(H,40,48)(H,41,47)(H,42,50)(H,43,49). The van der Waals surface area contributed by atoms with Gasteiger partial charge in [-0.3, -0.25) is 33.6 Å². The first-order valence-corrected chi connectivity index (χ1v) is 17.2. The average Bonchev–Trinajstić information content (AvgIpc) is 3.45. The number of aromatic amines is 1. The minimum Gasteiger partial charge on any atom is -0.370 e. The second-order valence-corrected chi connectivity index (χ2v) is 13.9. The van der Waals surface area contributed by atoms with Gasteiger partial charge < -0.3 is 42.6 Å². The van der Waals surface area contributed by atoms with Gasteiger partial charge in [0.05, 0.1) is 13.0 Å². The third kappa shape index (κ3) is 11.3. The summed E-state index contributed by atoms with van der Waals surface area (Å²) >= 11 is 0. The number of fused-ring (bicyclic) bond motifs is 1. The van der Waals surface area contributed by atoms with E-state index >= 15 is 0 Å². The number of nitrogens with one attached hydrogen (secondary N) is 7. The molecule has 1 aromatic carbocycles. The first-order valence-electron chi connectivity index (χ1n) is 17.2. The van der Waals surface area contributed by atoms with E-state index in [1.165, 1.54) is 0 Å². The molecular formula is C35H52N8O7. The molecule has 1 aromatic heterocycles. The Balaban J connectivity index is 2.05. The number of benzene rings is 1. The van der Waals surface area contributed by atoms with Gasteiger partial charge in [-0.1, -0.05) is 66.2 Å². The molecule has 3 rings (SSSR count). The number of nitrogens with two attached hydrogens (primary N) is 1. The Morgan fingerprint density at radius 2 is 1.30 bits per heavy atom. The zero-order valence-electron chi connectivity index (χ0n) is 29.7. The normalized spacial score (nSPS) is 24.0. The van der Waals surface area contributed by atoms with E-state index in [0.717, 1.165) is 16.5 Å². The van der Waals surface area contributed by atoms with Gasteiger partial charge in [-0.2, -0.15) is 0 Å². The van der Waals surface area contributed by atoms with Crippen molar-refractivity contribution in [2.45, 2.75) is 104 Å². The lowest BCUT2D eigenvalue weighted by atomic mass is 9.95. The van der Waals surface area contributed by atoms with Crippen LogP contribution in [-0.2, 0) is 40.0 Å². The Labute approximate surface area is 292 Å². The van der Waals surface area contributed by atoms with Gasteiger partial charge in [0.2, 0.25) is 41.4 Å². The van der Waals surface area contributed by atoms with Crippen molar-refractivity contribution >= 4 is 52.3 Å². The molecule has 6 unspecified atom stereocenters. The van der Waals surface area contributed by atoms with Crippen LogP contribution in [0.4, 0.5) is 0 Å². The molecule has 1 fully saturated rings. The fourth-order valence-electron chi connectivity index (χ4n) is 5.84. The first kappa shape index (κ1) is 39.5. The van der Waals surface area contributed by atoms with Crippen LogP contribution in [-0.4, -0.2) is 83.1 Å². The molecule has 2 aromatic rings. The predicted octanol–water partition coefficient (Wildman–Crippen LogP) is 0.278. The summed E-state index contributed by atoms with van der Waals surface area (Å²) < 4.78 is 0. The van der Waals surface area contributed by atoms with Crippen molar-refractivity contribution in [1.82, 2.24) is 36.9 Å². The molecule has 0 saturated carbocycles. The highest BCUT2D eigenvalue weighted by atomic mass is 16.2. The number of primary amides is 1. The highest BCUT2D eigenvalue weighted by Crippen LogP contribution is 2.20. The Bertz CT molecular complexity index is 1550. The highest BCUT2D eigenvalue weighted by Gasteiger charge is 2.35. The Hall–Kier alpha value is -4.95. The minimum atomic E-state index is -1.46. The molecule has 1 aliphatic rings. The lowest BCUT2D eigenvalue weighted by Crippen LogP contribution is -2.61. The van der Waals surface area contributed by atoms with E-state index in [2.05, 4.69) is 36.9 Å².